The highest BCUT2D eigenvalue weighted by molar-refractivity contribution is 7.11. The predicted molar refractivity (Wildman–Crippen MR) is 76.4 cm³/mol. The Morgan fingerprint density at radius 3 is 2.59 bits per heavy atom. The number of thiophene rings is 1. The molecule has 0 spiro atoms. The van der Waals surface area contributed by atoms with Crippen molar-refractivity contribution >= 4 is 34.3 Å². The Balaban J connectivity index is 2.19. The first kappa shape index (κ1) is 13.0. The Morgan fingerprint density at radius 1 is 1.35 bits per heavy atom. The molecule has 17 heavy (non-hydrogen) atoms. The van der Waals surface area contributed by atoms with E-state index in [9.17, 15) is 0 Å². The van der Waals surface area contributed by atoms with E-state index in [4.69, 9.17) is 11.6 Å². The maximum absolute atomic E-state index is 6.31. The van der Waals surface area contributed by atoms with Gasteiger partial charge < -0.3 is 5.32 Å². The summed E-state index contributed by atoms with van der Waals surface area (Å²) in [6, 6.07) is 0.256. The van der Waals surface area contributed by atoms with Crippen molar-refractivity contribution in [2.24, 2.45) is 0 Å². The zero-order valence-corrected chi connectivity index (χ0v) is 12.5. The molecule has 2 aromatic rings. The van der Waals surface area contributed by atoms with Gasteiger partial charge in [0.25, 0.3) is 0 Å². The molecule has 2 aromatic heterocycles. The fourth-order valence-electron chi connectivity index (χ4n) is 1.68. The average Bonchev–Trinajstić information content (AvgIpc) is 2.85. The molecule has 0 saturated carbocycles. The van der Waals surface area contributed by atoms with Gasteiger partial charge in [-0.3, -0.25) is 0 Å². The highest BCUT2D eigenvalue weighted by Crippen LogP contribution is 2.34. The van der Waals surface area contributed by atoms with Crippen LogP contribution in [0, 0.1) is 13.8 Å². The van der Waals surface area contributed by atoms with Crippen LogP contribution in [0.3, 0.4) is 0 Å². The second kappa shape index (κ2) is 5.48. The second-order valence-corrected chi connectivity index (χ2v) is 6.26. The van der Waals surface area contributed by atoms with Gasteiger partial charge in [0.1, 0.15) is 0 Å². The summed E-state index contributed by atoms with van der Waals surface area (Å²) in [7, 11) is 1.97. The van der Waals surface area contributed by atoms with E-state index < -0.39 is 0 Å². The molecule has 0 radical (unpaired) electrons. The fraction of sp³-hybridized carbons (Fsp3) is 0.417. The molecular weight excluding hydrogens is 272 g/mol. The molecule has 5 heteroatoms. The number of thiazole rings is 1. The molecule has 0 fully saturated rings. The van der Waals surface area contributed by atoms with Crippen LogP contribution in [-0.4, -0.2) is 12.0 Å². The van der Waals surface area contributed by atoms with Crippen molar-refractivity contribution < 1.29 is 0 Å². The van der Waals surface area contributed by atoms with E-state index >= 15 is 0 Å². The Kier molecular flexibility index (Phi) is 4.20. The van der Waals surface area contributed by atoms with Gasteiger partial charge in [-0.15, -0.1) is 22.7 Å². The summed E-state index contributed by atoms with van der Waals surface area (Å²) in [4.78, 5) is 5.71. The van der Waals surface area contributed by atoms with Gasteiger partial charge in [-0.25, -0.2) is 4.98 Å². The van der Waals surface area contributed by atoms with Gasteiger partial charge in [0.2, 0.25) is 0 Å². The van der Waals surface area contributed by atoms with Gasteiger partial charge in [0, 0.05) is 28.4 Å². The van der Waals surface area contributed by atoms with Crippen LogP contribution in [0.15, 0.2) is 10.8 Å². The number of aromatic nitrogens is 1. The molecule has 2 heterocycles. The Morgan fingerprint density at radius 2 is 2.12 bits per heavy atom. The highest BCUT2D eigenvalue weighted by Gasteiger charge is 2.18. The van der Waals surface area contributed by atoms with Crippen molar-refractivity contribution in [3.8, 4) is 0 Å². The molecule has 0 aliphatic heterocycles. The molecule has 1 atom stereocenters. The first-order valence-corrected chi connectivity index (χ1v) is 7.57. The van der Waals surface area contributed by atoms with Crippen LogP contribution in [-0.2, 0) is 6.42 Å². The summed E-state index contributed by atoms with van der Waals surface area (Å²) in [6.45, 7) is 4.07. The highest BCUT2D eigenvalue weighted by atomic mass is 35.5. The SMILES string of the molecule is CNC(Cc1nc(C)cs1)c1scc(C)c1Cl. The van der Waals surface area contributed by atoms with E-state index in [2.05, 4.69) is 21.1 Å². The van der Waals surface area contributed by atoms with E-state index in [1.54, 1.807) is 22.7 Å². The Labute approximate surface area is 115 Å². The minimum Gasteiger partial charge on any atom is -0.312 e. The maximum Gasteiger partial charge on any atom is 0.0947 e. The van der Waals surface area contributed by atoms with Crippen molar-refractivity contribution in [1.82, 2.24) is 10.3 Å². The summed E-state index contributed by atoms with van der Waals surface area (Å²) in [6.07, 6.45) is 0.898. The Bertz CT molecular complexity index is 504. The largest absolute Gasteiger partial charge is 0.312 e. The molecule has 0 aromatic carbocycles. The number of likely N-dealkylation sites (N-methyl/N-ethyl adjacent to an activating group) is 1. The zero-order valence-electron chi connectivity index (χ0n) is 10.1. The Hall–Kier alpha value is -0.420. The standard InChI is InChI=1S/C12H15ClN2S2/c1-7-5-17-12(11(7)13)9(14-3)4-10-15-8(2)6-16-10/h5-6,9,14H,4H2,1-3H3. The molecule has 0 amide bonds. The quantitative estimate of drug-likeness (QED) is 0.920. The normalized spacial score (nSPS) is 12.9. The third-order valence-electron chi connectivity index (χ3n) is 2.64. The van der Waals surface area contributed by atoms with Crippen molar-refractivity contribution in [3.63, 3.8) is 0 Å². The number of rotatable bonds is 4. The molecule has 92 valence electrons. The number of hydrogen-bond donors (Lipinski definition) is 1. The van der Waals surface area contributed by atoms with Crippen LogP contribution < -0.4 is 5.32 Å². The van der Waals surface area contributed by atoms with Crippen LogP contribution in [0.5, 0.6) is 0 Å². The molecular formula is C12H15ClN2S2. The number of hydrogen-bond acceptors (Lipinski definition) is 4. The van der Waals surface area contributed by atoms with Crippen LogP contribution in [0.2, 0.25) is 5.02 Å². The molecule has 2 nitrogen and oxygen atoms in total. The lowest BCUT2D eigenvalue weighted by molar-refractivity contribution is 0.600. The topological polar surface area (TPSA) is 24.9 Å². The molecule has 2 rings (SSSR count). The van der Waals surface area contributed by atoms with Crippen LogP contribution in [0.4, 0.5) is 0 Å². The summed E-state index contributed by atoms with van der Waals surface area (Å²) in [5, 5.41) is 9.56. The van der Waals surface area contributed by atoms with Crippen LogP contribution in [0.25, 0.3) is 0 Å². The first-order valence-electron chi connectivity index (χ1n) is 5.43. The predicted octanol–water partition coefficient (Wildman–Crippen LogP) is 3.98. The molecule has 0 aliphatic rings. The second-order valence-electron chi connectivity index (χ2n) is 4.02. The molecule has 0 aliphatic carbocycles. The first-order chi connectivity index (χ1) is 8.11. The van der Waals surface area contributed by atoms with E-state index in [0.717, 1.165) is 27.7 Å². The lowest BCUT2D eigenvalue weighted by Gasteiger charge is -2.13. The van der Waals surface area contributed by atoms with Crippen molar-refractivity contribution in [3.05, 3.63) is 36.9 Å². The zero-order chi connectivity index (χ0) is 12.4. The molecule has 1 N–H and O–H groups in total. The lowest BCUT2D eigenvalue weighted by atomic mass is 10.1. The number of nitrogens with one attached hydrogen (secondary N) is 1. The van der Waals surface area contributed by atoms with E-state index in [1.165, 1.54) is 4.88 Å². The third-order valence-corrected chi connectivity index (χ3v) is 5.45. The van der Waals surface area contributed by atoms with Gasteiger partial charge in [-0.05, 0) is 31.8 Å². The summed E-state index contributed by atoms with van der Waals surface area (Å²) in [5.41, 5.74) is 2.25. The van der Waals surface area contributed by atoms with Crippen molar-refractivity contribution in [1.29, 1.82) is 0 Å². The van der Waals surface area contributed by atoms with Gasteiger partial charge in [0.15, 0.2) is 0 Å². The van der Waals surface area contributed by atoms with Crippen molar-refractivity contribution in [2.45, 2.75) is 26.3 Å². The number of aryl methyl sites for hydroxylation is 2. The van der Waals surface area contributed by atoms with Crippen LogP contribution >= 0.6 is 34.3 Å². The minimum atomic E-state index is 0.256. The lowest BCUT2D eigenvalue weighted by Crippen LogP contribution is -2.18. The molecule has 0 saturated heterocycles. The minimum absolute atomic E-state index is 0.256. The summed E-state index contributed by atoms with van der Waals surface area (Å²) in [5.74, 6) is 0. The molecule has 1 unspecified atom stereocenters. The van der Waals surface area contributed by atoms with Gasteiger partial charge in [-0.1, -0.05) is 11.6 Å². The fourth-order valence-corrected chi connectivity index (χ4v) is 3.94. The van der Waals surface area contributed by atoms with E-state index in [0.29, 0.717) is 0 Å². The monoisotopic (exact) mass is 286 g/mol. The van der Waals surface area contributed by atoms with Gasteiger partial charge in [-0.2, -0.15) is 0 Å². The van der Waals surface area contributed by atoms with Gasteiger partial charge >= 0.3 is 0 Å². The average molecular weight is 287 g/mol. The smallest absolute Gasteiger partial charge is 0.0947 e. The summed E-state index contributed by atoms with van der Waals surface area (Å²) >= 11 is 9.74. The maximum atomic E-state index is 6.31. The van der Waals surface area contributed by atoms with Crippen molar-refractivity contribution in [2.75, 3.05) is 7.05 Å². The number of nitrogens with zero attached hydrogens (tertiary/aromatic N) is 1. The van der Waals surface area contributed by atoms with E-state index in [-0.39, 0.29) is 6.04 Å². The summed E-state index contributed by atoms with van der Waals surface area (Å²) < 4.78 is 0. The van der Waals surface area contributed by atoms with Gasteiger partial charge in [0.05, 0.1) is 10.0 Å². The number of halogens is 1. The third kappa shape index (κ3) is 2.88. The van der Waals surface area contributed by atoms with Crippen LogP contribution in [0.1, 0.15) is 27.2 Å². The molecule has 0 bridgehead atoms. The van der Waals surface area contributed by atoms with E-state index in [1.807, 2.05) is 20.9 Å².